The van der Waals surface area contributed by atoms with Gasteiger partial charge in [0, 0.05) is 6.54 Å². The third-order valence-electron chi connectivity index (χ3n) is 3.90. The first kappa shape index (κ1) is 15.6. The number of fused-ring (bicyclic) bond motifs is 1. The van der Waals surface area contributed by atoms with Crippen LogP contribution >= 0.6 is 0 Å². The number of nitrogens with one attached hydrogen (secondary N) is 1. The second-order valence-corrected chi connectivity index (χ2v) is 5.64. The van der Waals surface area contributed by atoms with Gasteiger partial charge >= 0.3 is 0 Å². The van der Waals surface area contributed by atoms with Gasteiger partial charge in [0.25, 0.3) is 0 Å². The normalized spacial score (nSPS) is 14.3. The molecular formula is C18H18FNO3. The Morgan fingerprint density at radius 3 is 2.70 bits per heavy atom. The Morgan fingerprint density at radius 2 is 1.91 bits per heavy atom. The van der Waals surface area contributed by atoms with E-state index in [1.165, 1.54) is 29.8 Å². The van der Waals surface area contributed by atoms with Gasteiger partial charge in [-0.05, 0) is 34.4 Å². The molecule has 3 rings (SSSR count). The first-order valence-electron chi connectivity index (χ1n) is 7.50. The highest BCUT2D eigenvalue weighted by Gasteiger charge is 2.13. The van der Waals surface area contributed by atoms with E-state index < -0.39 is 6.10 Å². The highest BCUT2D eigenvalue weighted by Crippen LogP contribution is 2.21. The van der Waals surface area contributed by atoms with E-state index in [9.17, 15) is 14.3 Å². The van der Waals surface area contributed by atoms with Crippen LogP contribution < -0.4 is 5.32 Å². The van der Waals surface area contributed by atoms with Gasteiger partial charge in [-0.2, -0.15) is 0 Å². The Morgan fingerprint density at radius 1 is 1.17 bits per heavy atom. The Labute approximate surface area is 133 Å². The summed E-state index contributed by atoms with van der Waals surface area (Å²) in [6.45, 7) is 1.32. The maximum absolute atomic E-state index is 12.8. The van der Waals surface area contributed by atoms with E-state index in [2.05, 4.69) is 5.32 Å². The van der Waals surface area contributed by atoms with Crippen molar-refractivity contribution in [3.05, 3.63) is 70.5 Å². The van der Waals surface area contributed by atoms with Gasteiger partial charge in [-0.1, -0.05) is 30.3 Å². The van der Waals surface area contributed by atoms with Gasteiger partial charge in [-0.15, -0.1) is 0 Å². The van der Waals surface area contributed by atoms with Crippen molar-refractivity contribution in [1.82, 2.24) is 5.32 Å². The molecule has 2 aromatic rings. The fraction of sp³-hybridized carbons (Fsp3) is 0.278. The fourth-order valence-corrected chi connectivity index (χ4v) is 2.60. The first-order valence-corrected chi connectivity index (χ1v) is 7.50. The molecule has 0 fully saturated rings. The number of rotatable bonds is 5. The van der Waals surface area contributed by atoms with E-state index in [4.69, 9.17) is 4.74 Å². The van der Waals surface area contributed by atoms with Gasteiger partial charge in [0.1, 0.15) is 5.82 Å². The van der Waals surface area contributed by atoms with Crippen LogP contribution in [0.15, 0.2) is 42.5 Å². The SMILES string of the molecule is O=C(Cc1ccc2c(c1)COC2)NC[C@H](O)c1ccc(F)cc1. The van der Waals surface area contributed by atoms with Crippen molar-refractivity contribution in [2.24, 2.45) is 0 Å². The van der Waals surface area contributed by atoms with Crippen LogP contribution in [0.4, 0.5) is 4.39 Å². The number of aliphatic hydroxyl groups is 1. The van der Waals surface area contributed by atoms with Crippen LogP contribution in [0.1, 0.15) is 28.4 Å². The standard InChI is InChI=1S/C18H18FNO3/c19-16-5-3-13(4-6-16)17(21)9-20-18(22)8-12-1-2-14-10-23-11-15(14)7-12/h1-7,17,21H,8-11H2,(H,20,22)/t17-/m0/s1. The minimum Gasteiger partial charge on any atom is -0.387 e. The molecule has 2 aromatic carbocycles. The molecule has 0 saturated carbocycles. The van der Waals surface area contributed by atoms with Crippen molar-refractivity contribution >= 4 is 5.91 Å². The lowest BCUT2D eigenvalue weighted by atomic mass is 10.0. The number of carbonyl (C=O) groups is 1. The number of hydrogen-bond acceptors (Lipinski definition) is 3. The number of halogens is 1. The van der Waals surface area contributed by atoms with E-state index in [1.54, 1.807) is 0 Å². The molecule has 1 heterocycles. The monoisotopic (exact) mass is 315 g/mol. The molecule has 1 aliphatic heterocycles. The molecule has 4 nitrogen and oxygen atoms in total. The minimum atomic E-state index is -0.854. The van der Waals surface area contributed by atoms with Gasteiger partial charge in [0.05, 0.1) is 25.7 Å². The van der Waals surface area contributed by atoms with E-state index in [0.29, 0.717) is 18.8 Å². The van der Waals surface area contributed by atoms with E-state index in [-0.39, 0.29) is 24.7 Å². The number of benzene rings is 2. The smallest absolute Gasteiger partial charge is 0.224 e. The molecule has 0 bridgehead atoms. The summed E-state index contributed by atoms with van der Waals surface area (Å²) in [5.41, 5.74) is 3.78. The third-order valence-corrected chi connectivity index (χ3v) is 3.90. The summed E-state index contributed by atoms with van der Waals surface area (Å²) in [5.74, 6) is -0.518. The van der Waals surface area contributed by atoms with Crippen molar-refractivity contribution in [3.63, 3.8) is 0 Å². The molecule has 2 N–H and O–H groups in total. The van der Waals surface area contributed by atoms with Crippen molar-refractivity contribution in [3.8, 4) is 0 Å². The summed E-state index contributed by atoms with van der Waals surface area (Å²) >= 11 is 0. The Bertz CT molecular complexity index is 700. The molecular weight excluding hydrogens is 297 g/mol. The molecule has 0 aliphatic carbocycles. The average molecular weight is 315 g/mol. The fourth-order valence-electron chi connectivity index (χ4n) is 2.60. The maximum Gasteiger partial charge on any atom is 0.224 e. The lowest BCUT2D eigenvalue weighted by Crippen LogP contribution is -2.29. The quantitative estimate of drug-likeness (QED) is 0.890. The second kappa shape index (κ2) is 6.89. The van der Waals surface area contributed by atoms with Gasteiger partial charge < -0.3 is 15.2 Å². The summed E-state index contributed by atoms with van der Waals surface area (Å²) < 4.78 is 18.2. The van der Waals surface area contributed by atoms with Gasteiger partial charge in [-0.25, -0.2) is 4.39 Å². The molecule has 23 heavy (non-hydrogen) atoms. The highest BCUT2D eigenvalue weighted by molar-refractivity contribution is 5.78. The summed E-state index contributed by atoms with van der Waals surface area (Å²) in [4.78, 5) is 12.0. The zero-order chi connectivity index (χ0) is 16.2. The van der Waals surface area contributed by atoms with Crippen LogP contribution in [0, 0.1) is 5.82 Å². The van der Waals surface area contributed by atoms with Crippen LogP contribution in [0.25, 0.3) is 0 Å². The summed E-state index contributed by atoms with van der Waals surface area (Å²) in [6, 6.07) is 11.5. The van der Waals surface area contributed by atoms with E-state index in [0.717, 1.165) is 11.1 Å². The molecule has 0 spiro atoms. The second-order valence-electron chi connectivity index (χ2n) is 5.64. The molecule has 0 saturated heterocycles. The largest absolute Gasteiger partial charge is 0.387 e. The zero-order valence-corrected chi connectivity index (χ0v) is 12.6. The molecule has 120 valence electrons. The van der Waals surface area contributed by atoms with E-state index >= 15 is 0 Å². The third kappa shape index (κ3) is 3.94. The summed E-state index contributed by atoms with van der Waals surface area (Å²) in [5, 5.41) is 12.7. The Kier molecular flexibility index (Phi) is 4.69. The molecule has 1 amide bonds. The first-order chi connectivity index (χ1) is 11.1. The molecule has 1 aliphatic rings. The Hall–Kier alpha value is -2.24. The Balaban J connectivity index is 1.52. The topological polar surface area (TPSA) is 58.6 Å². The van der Waals surface area contributed by atoms with Gasteiger partial charge in [0.15, 0.2) is 0 Å². The number of ether oxygens (including phenoxy) is 1. The zero-order valence-electron chi connectivity index (χ0n) is 12.6. The molecule has 0 radical (unpaired) electrons. The van der Waals surface area contributed by atoms with Crippen LogP contribution in [-0.2, 0) is 29.2 Å². The van der Waals surface area contributed by atoms with Crippen molar-refractivity contribution < 1.29 is 19.0 Å². The predicted octanol–water partition coefficient (Wildman–Crippen LogP) is 2.25. The molecule has 5 heteroatoms. The summed E-state index contributed by atoms with van der Waals surface area (Å²) in [6.07, 6.45) is -0.600. The lowest BCUT2D eigenvalue weighted by molar-refractivity contribution is -0.120. The lowest BCUT2D eigenvalue weighted by Gasteiger charge is -2.12. The van der Waals surface area contributed by atoms with Crippen LogP contribution in [-0.4, -0.2) is 17.6 Å². The average Bonchev–Trinajstić information content (AvgIpc) is 3.01. The highest BCUT2D eigenvalue weighted by atomic mass is 19.1. The van der Waals surface area contributed by atoms with Crippen LogP contribution in [0.3, 0.4) is 0 Å². The number of carbonyl (C=O) groups excluding carboxylic acids is 1. The maximum atomic E-state index is 12.8. The van der Waals surface area contributed by atoms with Gasteiger partial charge in [-0.3, -0.25) is 4.79 Å². The van der Waals surface area contributed by atoms with Crippen LogP contribution in [0.2, 0.25) is 0 Å². The van der Waals surface area contributed by atoms with Crippen molar-refractivity contribution in [2.45, 2.75) is 25.7 Å². The minimum absolute atomic E-state index is 0.0958. The van der Waals surface area contributed by atoms with Crippen molar-refractivity contribution in [2.75, 3.05) is 6.54 Å². The molecule has 0 aromatic heterocycles. The van der Waals surface area contributed by atoms with Crippen molar-refractivity contribution in [1.29, 1.82) is 0 Å². The summed E-state index contributed by atoms with van der Waals surface area (Å²) in [7, 11) is 0. The number of amides is 1. The number of aliphatic hydroxyl groups excluding tert-OH is 1. The predicted molar refractivity (Wildman–Crippen MR) is 83.0 cm³/mol. The molecule has 1 atom stereocenters. The number of hydrogen-bond donors (Lipinski definition) is 2. The van der Waals surface area contributed by atoms with E-state index in [1.807, 2.05) is 18.2 Å². The van der Waals surface area contributed by atoms with Crippen LogP contribution in [0.5, 0.6) is 0 Å². The van der Waals surface area contributed by atoms with Gasteiger partial charge in [0.2, 0.25) is 5.91 Å². The molecule has 0 unspecified atom stereocenters.